The van der Waals surface area contributed by atoms with Gasteiger partial charge in [0.25, 0.3) is 0 Å². The smallest absolute Gasteiger partial charge is 0.352 e. The third kappa shape index (κ3) is 1.61. The Morgan fingerprint density at radius 3 is 3.11 bits per heavy atom. The van der Waals surface area contributed by atoms with Crippen molar-refractivity contribution >= 4 is 11.9 Å². The molecule has 0 saturated carbocycles. The molecule has 2 N–H and O–H groups in total. The van der Waals surface area contributed by atoms with E-state index in [1.165, 1.54) is 6.33 Å². The first-order valence-electron chi connectivity index (χ1n) is 5.27. The summed E-state index contributed by atoms with van der Waals surface area (Å²) in [7, 11) is 0. The predicted molar refractivity (Wildman–Crippen MR) is 61.7 cm³/mol. The Morgan fingerprint density at radius 1 is 1.50 bits per heavy atom. The molecule has 7 heteroatoms. The van der Waals surface area contributed by atoms with E-state index in [2.05, 4.69) is 20.4 Å². The Morgan fingerprint density at radius 2 is 2.39 bits per heavy atom. The second-order valence-corrected chi connectivity index (χ2v) is 3.77. The van der Waals surface area contributed by atoms with E-state index in [1.807, 2.05) is 6.07 Å². The molecule has 90 valence electrons. The van der Waals surface area contributed by atoms with Crippen molar-refractivity contribution in [1.82, 2.24) is 19.7 Å². The molecule has 0 aliphatic carbocycles. The van der Waals surface area contributed by atoms with Crippen molar-refractivity contribution in [3.63, 3.8) is 0 Å². The van der Waals surface area contributed by atoms with Crippen LogP contribution >= 0.6 is 0 Å². The highest BCUT2D eigenvalue weighted by Crippen LogP contribution is 2.27. The summed E-state index contributed by atoms with van der Waals surface area (Å²) >= 11 is 0. The molecular formula is C11H9N5O2. The van der Waals surface area contributed by atoms with Gasteiger partial charge in [0, 0.05) is 12.4 Å². The summed E-state index contributed by atoms with van der Waals surface area (Å²) in [6, 6.07) is 3.34. The highest BCUT2D eigenvalue weighted by atomic mass is 16.4. The number of carboxylic acids is 1. The molecule has 0 radical (unpaired) electrons. The molecule has 0 saturated heterocycles. The summed E-state index contributed by atoms with van der Waals surface area (Å²) in [5.74, 6) is -0.623. The summed E-state index contributed by atoms with van der Waals surface area (Å²) in [6.07, 6.45) is 6.30. The van der Waals surface area contributed by atoms with Crippen LogP contribution in [0.15, 0.2) is 42.6 Å². The van der Waals surface area contributed by atoms with Crippen molar-refractivity contribution in [3.05, 3.63) is 48.2 Å². The number of aliphatic carboxylic acids is 1. The number of fused-ring (bicyclic) bond motifs is 1. The summed E-state index contributed by atoms with van der Waals surface area (Å²) < 4.78 is 1.61. The number of allylic oxidation sites excluding steroid dienone is 1. The number of aromatic nitrogens is 4. The van der Waals surface area contributed by atoms with E-state index in [-0.39, 0.29) is 11.7 Å². The SMILES string of the molecule is O=C(O)C1=C[C@H](c2cccnc2)n2ncnc2N1. The van der Waals surface area contributed by atoms with E-state index in [0.717, 1.165) is 5.56 Å². The number of rotatable bonds is 2. The Labute approximate surface area is 102 Å². The standard InChI is InChI=1S/C11H9N5O2/c17-10(18)8-4-9(7-2-1-3-12-5-7)16-11(15-8)13-6-14-16/h1-6,9H,(H,17,18)(H,13,14,15)/t9-/m1/s1. The highest BCUT2D eigenvalue weighted by molar-refractivity contribution is 5.90. The zero-order chi connectivity index (χ0) is 12.5. The maximum atomic E-state index is 11.1. The van der Waals surface area contributed by atoms with Crippen LogP contribution in [0, 0.1) is 0 Å². The number of carboxylic acid groups (broad SMARTS) is 1. The van der Waals surface area contributed by atoms with Crippen LogP contribution in [0.4, 0.5) is 5.95 Å². The molecule has 3 rings (SSSR count). The average molecular weight is 243 g/mol. The first-order chi connectivity index (χ1) is 8.75. The lowest BCUT2D eigenvalue weighted by atomic mass is 10.1. The van der Waals surface area contributed by atoms with Gasteiger partial charge in [-0.25, -0.2) is 9.48 Å². The molecule has 2 aromatic heterocycles. The minimum absolute atomic E-state index is 0.0874. The van der Waals surface area contributed by atoms with Gasteiger partial charge in [0.15, 0.2) is 0 Å². The molecule has 0 bridgehead atoms. The lowest BCUT2D eigenvalue weighted by Gasteiger charge is -2.22. The van der Waals surface area contributed by atoms with E-state index in [1.54, 1.807) is 29.2 Å². The Kier molecular flexibility index (Phi) is 2.30. The topological polar surface area (TPSA) is 92.9 Å². The van der Waals surface area contributed by atoms with Crippen LogP contribution in [0.2, 0.25) is 0 Å². The summed E-state index contributed by atoms with van der Waals surface area (Å²) in [6.45, 7) is 0. The normalized spacial score (nSPS) is 17.6. The number of nitrogens with one attached hydrogen (secondary N) is 1. The molecule has 1 aliphatic heterocycles. The predicted octanol–water partition coefficient (Wildman–Crippen LogP) is 0.656. The van der Waals surface area contributed by atoms with Gasteiger partial charge in [-0.2, -0.15) is 10.1 Å². The monoisotopic (exact) mass is 243 g/mol. The molecule has 0 amide bonds. The van der Waals surface area contributed by atoms with Crippen molar-refractivity contribution in [3.8, 4) is 0 Å². The first kappa shape index (κ1) is 10.5. The number of nitrogens with zero attached hydrogens (tertiary/aromatic N) is 4. The van der Waals surface area contributed by atoms with Gasteiger partial charge in [-0.15, -0.1) is 0 Å². The Hall–Kier alpha value is -2.70. The van der Waals surface area contributed by atoms with Crippen molar-refractivity contribution in [2.45, 2.75) is 6.04 Å². The number of anilines is 1. The maximum Gasteiger partial charge on any atom is 0.352 e. The molecular weight excluding hydrogens is 234 g/mol. The van der Waals surface area contributed by atoms with Crippen molar-refractivity contribution in [1.29, 1.82) is 0 Å². The van der Waals surface area contributed by atoms with E-state index >= 15 is 0 Å². The minimum Gasteiger partial charge on any atom is -0.477 e. The van der Waals surface area contributed by atoms with Crippen LogP contribution in [0.5, 0.6) is 0 Å². The van der Waals surface area contributed by atoms with Crippen LogP contribution < -0.4 is 5.32 Å². The number of pyridine rings is 1. The lowest BCUT2D eigenvalue weighted by Crippen LogP contribution is -2.24. The zero-order valence-electron chi connectivity index (χ0n) is 9.19. The van der Waals surface area contributed by atoms with Crippen LogP contribution in [0.1, 0.15) is 11.6 Å². The second kappa shape index (κ2) is 3.95. The minimum atomic E-state index is -1.03. The fourth-order valence-corrected chi connectivity index (χ4v) is 1.85. The zero-order valence-corrected chi connectivity index (χ0v) is 9.19. The highest BCUT2D eigenvalue weighted by Gasteiger charge is 2.25. The van der Waals surface area contributed by atoms with Crippen molar-refractivity contribution in [2.75, 3.05) is 5.32 Å². The number of hydrogen-bond acceptors (Lipinski definition) is 5. The third-order valence-corrected chi connectivity index (χ3v) is 2.66. The van der Waals surface area contributed by atoms with E-state index in [9.17, 15) is 4.79 Å². The molecule has 0 fully saturated rings. The van der Waals surface area contributed by atoms with Gasteiger partial charge in [-0.3, -0.25) is 4.98 Å². The molecule has 3 heterocycles. The Bertz CT molecular complexity index is 619. The fraction of sp³-hybridized carbons (Fsp3) is 0.0909. The quantitative estimate of drug-likeness (QED) is 0.804. The maximum absolute atomic E-state index is 11.1. The first-order valence-corrected chi connectivity index (χ1v) is 5.27. The van der Waals surface area contributed by atoms with Crippen LogP contribution in [0.25, 0.3) is 0 Å². The fourth-order valence-electron chi connectivity index (χ4n) is 1.85. The Balaban J connectivity index is 2.10. The molecule has 0 aromatic carbocycles. The average Bonchev–Trinajstić information content (AvgIpc) is 2.86. The largest absolute Gasteiger partial charge is 0.477 e. The molecule has 1 aliphatic rings. The van der Waals surface area contributed by atoms with Gasteiger partial charge < -0.3 is 10.4 Å². The van der Waals surface area contributed by atoms with Gasteiger partial charge in [-0.1, -0.05) is 6.07 Å². The molecule has 2 aromatic rings. The summed E-state index contributed by atoms with van der Waals surface area (Å²) in [5.41, 5.74) is 0.939. The van der Waals surface area contributed by atoms with E-state index in [0.29, 0.717) is 5.95 Å². The molecule has 0 unspecified atom stereocenters. The van der Waals surface area contributed by atoms with Crippen LogP contribution in [-0.2, 0) is 4.79 Å². The van der Waals surface area contributed by atoms with E-state index < -0.39 is 5.97 Å². The van der Waals surface area contributed by atoms with Gasteiger partial charge in [-0.05, 0) is 17.7 Å². The summed E-state index contributed by atoms with van der Waals surface area (Å²) in [4.78, 5) is 19.1. The van der Waals surface area contributed by atoms with Crippen molar-refractivity contribution in [2.24, 2.45) is 0 Å². The molecule has 1 atom stereocenters. The van der Waals surface area contributed by atoms with Gasteiger partial charge >= 0.3 is 5.97 Å². The number of hydrogen-bond donors (Lipinski definition) is 2. The van der Waals surface area contributed by atoms with Gasteiger partial charge in [0.1, 0.15) is 18.1 Å². The number of carbonyl (C=O) groups is 1. The van der Waals surface area contributed by atoms with Crippen molar-refractivity contribution < 1.29 is 9.90 Å². The third-order valence-electron chi connectivity index (χ3n) is 2.66. The van der Waals surface area contributed by atoms with E-state index in [4.69, 9.17) is 5.11 Å². The second-order valence-electron chi connectivity index (χ2n) is 3.77. The molecule has 7 nitrogen and oxygen atoms in total. The van der Waals surface area contributed by atoms with Gasteiger partial charge in [0.05, 0.1) is 0 Å². The van der Waals surface area contributed by atoms with Gasteiger partial charge in [0.2, 0.25) is 5.95 Å². The summed E-state index contributed by atoms with van der Waals surface area (Å²) in [5, 5.41) is 15.9. The lowest BCUT2D eigenvalue weighted by molar-refractivity contribution is -0.132. The molecule has 18 heavy (non-hydrogen) atoms. The molecule has 0 spiro atoms. The van der Waals surface area contributed by atoms with Crippen LogP contribution in [-0.4, -0.2) is 30.8 Å². The van der Waals surface area contributed by atoms with Crippen LogP contribution in [0.3, 0.4) is 0 Å².